The highest BCUT2D eigenvalue weighted by atomic mass is 19.4. The standard InChI is InChI=1S/C15H20F4N2/c1-21(12-5-3-11(20)4-6-12)9-10-2-7-14(16)13(8-10)15(17,18)19/h2,7-8,11-12H,3-6,9,20H2,1H3. The summed E-state index contributed by atoms with van der Waals surface area (Å²) in [5, 5.41) is 0. The minimum atomic E-state index is -4.66. The van der Waals surface area contributed by atoms with Crippen molar-refractivity contribution in [2.45, 2.75) is 50.5 Å². The molecule has 0 amide bonds. The molecule has 1 aromatic carbocycles. The molecule has 0 atom stereocenters. The van der Waals surface area contributed by atoms with E-state index in [1.807, 2.05) is 11.9 Å². The fraction of sp³-hybridized carbons (Fsp3) is 0.600. The largest absolute Gasteiger partial charge is 0.419 e. The van der Waals surface area contributed by atoms with Gasteiger partial charge in [0.25, 0.3) is 0 Å². The van der Waals surface area contributed by atoms with Gasteiger partial charge in [0, 0.05) is 18.6 Å². The molecule has 0 heterocycles. The van der Waals surface area contributed by atoms with E-state index in [4.69, 9.17) is 5.73 Å². The summed E-state index contributed by atoms with van der Waals surface area (Å²) in [6, 6.07) is 3.76. The van der Waals surface area contributed by atoms with Crippen molar-refractivity contribution >= 4 is 0 Å². The molecule has 2 rings (SSSR count). The topological polar surface area (TPSA) is 29.3 Å². The fourth-order valence-corrected chi connectivity index (χ4v) is 2.85. The van der Waals surface area contributed by atoms with Crippen LogP contribution in [-0.2, 0) is 12.7 Å². The zero-order valence-corrected chi connectivity index (χ0v) is 12.0. The monoisotopic (exact) mass is 304 g/mol. The Morgan fingerprint density at radius 2 is 1.81 bits per heavy atom. The molecule has 0 bridgehead atoms. The van der Waals surface area contributed by atoms with Gasteiger partial charge in [-0.05, 0) is 50.4 Å². The van der Waals surface area contributed by atoms with Crippen LogP contribution in [0.4, 0.5) is 17.6 Å². The maximum atomic E-state index is 13.3. The molecule has 1 aliphatic carbocycles. The van der Waals surface area contributed by atoms with Gasteiger partial charge in [-0.2, -0.15) is 13.2 Å². The van der Waals surface area contributed by atoms with E-state index in [1.165, 1.54) is 6.07 Å². The van der Waals surface area contributed by atoms with Gasteiger partial charge in [-0.25, -0.2) is 4.39 Å². The summed E-state index contributed by atoms with van der Waals surface area (Å²) in [4.78, 5) is 2.03. The molecular weight excluding hydrogens is 284 g/mol. The Morgan fingerprint density at radius 3 is 2.38 bits per heavy atom. The summed E-state index contributed by atoms with van der Waals surface area (Å²) >= 11 is 0. The zero-order chi connectivity index (χ0) is 15.6. The molecular formula is C15H20F4N2. The number of hydrogen-bond acceptors (Lipinski definition) is 2. The molecule has 1 aromatic rings. The lowest BCUT2D eigenvalue weighted by Gasteiger charge is -2.33. The van der Waals surface area contributed by atoms with Crippen molar-refractivity contribution in [1.82, 2.24) is 4.90 Å². The van der Waals surface area contributed by atoms with E-state index in [-0.39, 0.29) is 6.04 Å². The van der Waals surface area contributed by atoms with Gasteiger partial charge in [-0.15, -0.1) is 0 Å². The Morgan fingerprint density at radius 1 is 1.19 bits per heavy atom. The highest BCUT2D eigenvalue weighted by Crippen LogP contribution is 2.32. The van der Waals surface area contributed by atoms with Gasteiger partial charge in [0.2, 0.25) is 0 Å². The van der Waals surface area contributed by atoms with E-state index in [0.717, 1.165) is 37.8 Å². The average molecular weight is 304 g/mol. The van der Waals surface area contributed by atoms with Crippen LogP contribution in [0.3, 0.4) is 0 Å². The molecule has 1 saturated carbocycles. The third-order valence-electron chi connectivity index (χ3n) is 4.13. The molecule has 0 spiro atoms. The van der Waals surface area contributed by atoms with Crippen molar-refractivity contribution in [3.63, 3.8) is 0 Å². The van der Waals surface area contributed by atoms with Gasteiger partial charge in [-0.3, -0.25) is 4.90 Å². The predicted octanol–water partition coefficient (Wildman–Crippen LogP) is 3.55. The van der Waals surface area contributed by atoms with Crippen molar-refractivity contribution < 1.29 is 17.6 Å². The molecule has 1 aliphatic rings. The van der Waals surface area contributed by atoms with Gasteiger partial charge >= 0.3 is 6.18 Å². The highest BCUT2D eigenvalue weighted by Gasteiger charge is 2.34. The molecule has 0 radical (unpaired) electrons. The normalized spacial score (nSPS) is 23.6. The van der Waals surface area contributed by atoms with Gasteiger partial charge < -0.3 is 5.73 Å². The molecule has 2 N–H and O–H groups in total. The Labute approximate surface area is 121 Å². The number of nitrogens with zero attached hydrogens (tertiary/aromatic N) is 1. The Bertz CT molecular complexity index is 479. The molecule has 2 nitrogen and oxygen atoms in total. The van der Waals surface area contributed by atoms with E-state index in [9.17, 15) is 17.6 Å². The number of benzene rings is 1. The maximum absolute atomic E-state index is 13.3. The van der Waals surface area contributed by atoms with E-state index < -0.39 is 17.6 Å². The lowest BCUT2D eigenvalue weighted by molar-refractivity contribution is -0.140. The lowest BCUT2D eigenvalue weighted by atomic mass is 9.91. The first-order valence-electron chi connectivity index (χ1n) is 7.09. The van der Waals surface area contributed by atoms with Gasteiger partial charge in [-0.1, -0.05) is 6.07 Å². The molecule has 118 valence electrons. The Hall–Kier alpha value is -1.14. The van der Waals surface area contributed by atoms with Crippen molar-refractivity contribution in [2.24, 2.45) is 5.73 Å². The second-order valence-electron chi connectivity index (χ2n) is 5.80. The van der Waals surface area contributed by atoms with Crippen LogP contribution in [0.15, 0.2) is 18.2 Å². The number of rotatable bonds is 3. The summed E-state index contributed by atoms with van der Waals surface area (Å²) < 4.78 is 51.3. The van der Waals surface area contributed by atoms with Gasteiger partial charge in [0.05, 0.1) is 5.56 Å². The lowest BCUT2D eigenvalue weighted by Crippen LogP contribution is -2.38. The van der Waals surface area contributed by atoms with Crippen molar-refractivity contribution in [1.29, 1.82) is 0 Å². The van der Waals surface area contributed by atoms with Crippen LogP contribution >= 0.6 is 0 Å². The molecule has 0 aromatic heterocycles. The second kappa shape index (κ2) is 6.32. The summed E-state index contributed by atoms with van der Waals surface area (Å²) in [5.41, 5.74) is 5.13. The molecule has 1 fully saturated rings. The first kappa shape index (κ1) is 16.2. The summed E-state index contributed by atoms with van der Waals surface area (Å²) in [7, 11) is 1.89. The number of hydrogen-bond donors (Lipinski definition) is 1. The Balaban J connectivity index is 2.06. The van der Waals surface area contributed by atoms with E-state index in [2.05, 4.69) is 0 Å². The summed E-state index contributed by atoms with van der Waals surface area (Å²) in [6.07, 6.45) is -0.884. The summed E-state index contributed by atoms with van der Waals surface area (Å²) in [6.45, 7) is 0.378. The van der Waals surface area contributed by atoms with E-state index >= 15 is 0 Å². The van der Waals surface area contributed by atoms with Gasteiger partial charge in [0.15, 0.2) is 0 Å². The van der Waals surface area contributed by atoms with Crippen molar-refractivity contribution in [3.05, 3.63) is 35.1 Å². The van der Waals surface area contributed by atoms with Crippen LogP contribution in [0.2, 0.25) is 0 Å². The van der Waals surface area contributed by atoms with Crippen molar-refractivity contribution in [3.8, 4) is 0 Å². The van der Waals surface area contributed by atoms with Crippen LogP contribution in [0, 0.1) is 5.82 Å². The molecule has 0 saturated heterocycles. The van der Waals surface area contributed by atoms with Crippen LogP contribution in [-0.4, -0.2) is 24.0 Å². The quantitative estimate of drug-likeness (QED) is 0.865. The summed E-state index contributed by atoms with van der Waals surface area (Å²) in [5.74, 6) is -1.22. The van der Waals surface area contributed by atoms with Gasteiger partial charge in [0.1, 0.15) is 5.82 Å². The molecule has 0 unspecified atom stereocenters. The van der Waals surface area contributed by atoms with Crippen LogP contribution in [0.1, 0.15) is 36.8 Å². The van der Waals surface area contributed by atoms with Crippen molar-refractivity contribution in [2.75, 3.05) is 7.05 Å². The fourth-order valence-electron chi connectivity index (χ4n) is 2.85. The number of halogens is 4. The first-order valence-corrected chi connectivity index (χ1v) is 7.09. The zero-order valence-electron chi connectivity index (χ0n) is 12.0. The maximum Gasteiger partial charge on any atom is 0.419 e. The minimum absolute atomic E-state index is 0.234. The predicted molar refractivity (Wildman–Crippen MR) is 73.1 cm³/mol. The van der Waals surface area contributed by atoms with E-state index in [0.29, 0.717) is 18.2 Å². The molecule has 0 aliphatic heterocycles. The number of alkyl halides is 3. The Kier molecular flexibility index (Phi) is 4.88. The van der Waals surface area contributed by atoms with Crippen LogP contribution < -0.4 is 5.73 Å². The third-order valence-corrected chi connectivity index (χ3v) is 4.13. The second-order valence-corrected chi connectivity index (χ2v) is 5.80. The average Bonchev–Trinajstić information content (AvgIpc) is 2.40. The minimum Gasteiger partial charge on any atom is -0.328 e. The van der Waals surface area contributed by atoms with Crippen LogP contribution in [0.5, 0.6) is 0 Å². The highest BCUT2D eigenvalue weighted by molar-refractivity contribution is 5.27. The molecule has 21 heavy (non-hydrogen) atoms. The van der Waals surface area contributed by atoms with E-state index in [1.54, 1.807) is 0 Å². The SMILES string of the molecule is CN(Cc1ccc(F)c(C(F)(F)F)c1)C1CCC(N)CC1. The number of nitrogens with two attached hydrogens (primary N) is 1. The first-order chi connectivity index (χ1) is 9.77. The third kappa shape index (κ3) is 4.17. The smallest absolute Gasteiger partial charge is 0.328 e. The van der Waals surface area contributed by atoms with Crippen LogP contribution in [0.25, 0.3) is 0 Å². The molecule has 6 heteroatoms.